The maximum Gasteiger partial charge on any atom is 0.234 e. The first-order valence-corrected chi connectivity index (χ1v) is 17.2. The molecule has 7 aromatic carbocycles. The quantitative estimate of drug-likeness (QED) is 0.192. The van der Waals surface area contributed by atoms with Gasteiger partial charge in [0.1, 0.15) is 0 Å². The average Bonchev–Trinajstić information content (AvgIpc) is 3.62. The highest BCUT2D eigenvalue weighted by molar-refractivity contribution is 6.14. The fourth-order valence-electron chi connectivity index (χ4n) is 8.24. The van der Waals surface area contributed by atoms with Crippen molar-refractivity contribution in [1.29, 1.82) is 0 Å². The van der Waals surface area contributed by atoms with Gasteiger partial charge in [-0.1, -0.05) is 123 Å². The van der Waals surface area contributed by atoms with E-state index in [1.165, 1.54) is 66.1 Å². The first-order chi connectivity index (χ1) is 24.5. The van der Waals surface area contributed by atoms with Gasteiger partial charge in [-0.3, -0.25) is 4.57 Å². The molecule has 2 aromatic heterocycles. The van der Waals surface area contributed by atoms with Gasteiger partial charge in [0.15, 0.2) is 0 Å². The van der Waals surface area contributed by atoms with Crippen LogP contribution in [0.5, 0.6) is 0 Å². The van der Waals surface area contributed by atoms with Crippen LogP contribution < -0.4 is 0 Å². The predicted octanol–water partition coefficient (Wildman–Crippen LogP) is 12.0. The van der Waals surface area contributed by atoms with Crippen molar-refractivity contribution in [2.75, 3.05) is 0 Å². The van der Waals surface area contributed by atoms with Crippen LogP contribution in [-0.4, -0.2) is 14.5 Å². The summed E-state index contributed by atoms with van der Waals surface area (Å²) in [6.07, 6.45) is 3.95. The lowest BCUT2D eigenvalue weighted by molar-refractivity contribution is 0.667. The Bertz CT molecular complexity index is 2700. The summed E-state index contributed by atoms with van der Waals surface area (Å²) in [7, 11) is 0. The van der Waals surface area contributed by atoms with E-state index in [-0.39, 0.29) is 5.41 Å². The zero-order valence-corrected chi connectivity index (χ0v) is 27.9. The number of hydrogen-bond donors (Lipinski definition) is 0. The number of rotatable bonds is 4. The van der Waals surface area contributed by atoms with Crippen molar-refractivity contribution < 1.29 is 0 Å². The largest absolute Gasteiger partial charge is 0.278 e. The zero-order valence-electron chi connectivity index (χ0n) is 27.9. The summed E-state index contributed by atoms with van der Waals surface area (Å²) in [5, 5.41) is 5.06. The third-order valence-electron chi connectivity index (χ3n) is 10.6. The molecule has 9 aromatic rings. The third kappa shape index (κ3) is 4.30. The van der Waals surface area contributed by atoms with Crippen LogP contribution in [0.1, 0.15) is 25.0 Å². The maximum absolute atomic E-state index is 5.06. The molecular weight excluding hydrogens is 607 g/mol. The maximum atomic E-state index is 5.06. The molecule has 0 N–H and O–H groups in total. The smallest absolute Gasteiger partial charge is 0.234 e. The van der Waals surface area contributed by atoms with E-state index < -0.39 is 0 Å². The van der Waals surface area contributed by atoms with Crippen LogP contribution in [0.25, 0.3) is 83.0 Å². The lowest BCUT2D eigenvalue weighted by atomic mass is 9.80. The van der Waals surface area contributed by atoms with E-state index in [9.17, 15) is 0 Å². The number of aromatic nitrogens is 3. The molecule has 0 radical (unpaired) electrons. The Labute approximate surface area is 291 Å². The molecule has 10 rings (SSSR count). The molecule has 0 unspecified atom stereocenters. The number of fused-ring (bicyclic) bond motifs is 8. The molecule has 0 saturated heterocycles. The SMILES string of the molecule is CC1(C)c2cc3ccccc3cc2-c2ccc3c(c21)c1ccccc1n3-c1ncc(-c2cc(-c3ccccc3)cc(-c3ccccc3)c2)cn1. The summed E-state index contributed by atoms with van der Waals surface area (Å²) in [6, 6.07) is 54.6. The van der Waals surface area contributed by atoms with Crippen molar-refractivity contribution in [1.82, 2.24) is 14.5 Å². The highest BCUT2D eigenvalue weighted by Crippen LogP contribution is 2.54. The van der Waals surface area contributed by atoms with E-state index in [1.54, 1.807) is 0 Å². The van der Waals surface area contributed by atoms with Gasteiger partial charge in [0.2, 0.25) is 5.95 Å². The van der Waals surface area contributed by atoms with E-state index in [0.29, 0.717) is 5.95 Å². The highest BCUT2D eigenvalue weighted by Gasteiger charge is 2.38. The minimum absolute atomic E-state index is 0.173. The lowest BCUT2D eigenvalue weighted by Crippen LogP contribution is -2.15. The molecule has 0 saturated carbocycles. The lowest BCUT2D eigenvalue weighted by Gasteiger charge is -2.23. The van der Waals surface area contributed by atoms with Gasteiger partial charge in [-0.25, -0.2) is 9.97 Å². The van der Waals surface area contributed by atoms with E-state index in [1.807, 2.05) is 12.4 Å². The first-order valence-electron chi connectivity index (χ1n) is 17.2. The molecule has 0 aliphatic heterocycles. The molecule has 0 spiro atoms. The molecule has 50 heavy (non-hydrogen) atoms. The standard InChI is InChI=1S/C47H33N3/c1-47(2)41-27-33-18-10-9-17-32(33)26-40(41)38-21-22-43-44(45(38)47)39-19-11-12-20-42(39)50(43)46-48-28-37(29-49-46)36-24-34(30-13-5-3-6-14-30)23-35(25-36)31-15-7-4-8-16-31/h3-29H,1-2H3. The van der Waals surface area contributed by atoms with Gasteiger partial charge in [0, 0.05) is 34.1 Å². The molecule has 2 heterocycles. The molecular formula is C47H33N3. The van der Waals surface area contributed by atoms with Crippen LogP contribution in [0.3, 0.4) is 0 Å². The molecule has 0 amide bonds. The normalized spacial score (nSPS) is 13.2. The van der Waals surface area contributed by atoms with Crippen LogP contribution in [0.2, 0.25) is 0 Å². The number of para-hydroxylation sites is 1. The molecule has 0 bridgehead atoms. The van der Waals surface area contributed by atoms with Gasteiger partial charge in [0.05, 0.1) is 11.0 Å². The molecule has 236 valence electrons. The Morgan fingerprint density at radius 2 is 1.02 bits per heavy atom. The Morgan fingerprint density at radius 1 is 0.460 bits per heavy atom. The van der Waals surface area contributed by atoms with Crippen LogP contribution in [-0.2, 0) is 5.41 Å². The van der Waals surface area contributed by atoms with Crippen molar-refractivity contribution >= 4 is 32.6 Å². The van der Waals surface area contributed by atoms with Crippen molar-refractivity contribution in [3.63, 3.8) is 0 Å². The van der Waals surface area contributed by atoms with Gasteiger partial charge in [-0.2, -0.15) is 0 Å². The van der Waals surface area contributed by atoms with Crippen LogP contribution in [0.15, 0.2) is 164 Å². The monoisotopic (exact) mass is 639 g/mol. The first kappa shape index (κ1) is 28.7. The number of hydrogen-bond acceptors (Lipinski definition) is 2. The topological polar surface area (TPSA) is 30.7 Å². The van der Waals surface area contributed by atoms with Gasteiger partial charge in [-0.15, -0.1) is 0 Å². The molecule has 1 aliphatic carbocycles. The minimum atomic E-state index is -0.173. The summed E-state index contributed by atoms with van der Waals surface area (Å²) in [5.74, 6) is 0.668. The fourth-order valence-corrected chi connectivity index (χ4v) is 8.24. The second-order valence-corrected chi connectivity index (χ2v) is 13.9. The van der Waals surface area contributed by atoms with Gasteiger partial charge < -0.3 is 0 Å². The second kappa shape index (κ2) is 10.8. The Balaban J connectivity index is 1.13. The van der Waals surface area contributed by atoms with E-state index >= 15 is 0 Å². The summed E-state index contributed by atoms with van der Waals surface area (Å²) < 4.78 is 2.24. The van der Waals surface area contributed by atoms with Crippen molar-refractivity contribution in [2.45, 2.75) is 19.3 Å². The second-order valence-electron chi connectivity index (χ2n) is 13.9. The van der Waals surface area contributed by atoms with Crippen molar-refractivity contribution in [3.05, 3.63) is 175 Å². The minimum Gasteiger partial charge on any atom is -0.278 e. The number of benzene rings is 7. The third-order valence-corrected chi connectivity index (χ3v) is 10.6. The molecule has 3 nitrogen and oxygen atoms in total. The van der Waals surface area contributed by atoms with E-state index in [2.05, 4.69) is 170 Å². The molecule has 1 aliphatic rings. The molecule has 3 heteroatoms. The zero-order chi connectivity index (χ0) is 33.4. The van der Waals surface area contributed by atoms with E-state index in [4.69, 9.17) is 9.97 Å². The Hall–Kier alpha value is -6.32. The molecule has 0 fully saturated rings. The van der Waals surface area contributed by atoms with Crippen molar-refractivity contribution in [2.24, 2.45) is 0 Å². The summed E-state index contributed by atoms with van der Waals surface area (Å²) in [5.41, 5.74) is 14.2. The Morgan fingerprint density at radius 3 is 1.68 bits per heavy atom. The fraction of sp³-hybridized carbons (Fsp3) is 0.0638. The van der Waals surface area contributed by atoms with Crippen LogP contribution >= 0.6 is 0 Å². The van der Waals surface area contributed by atoms with Crippen molar-refractivity contribution in [3.8, 4) is 50.5 Å². The van der Waals surface area contributed by atoms with Crippen LogP contribution in [0, 0.1) is 0 Å². The Kier molecular flexibility index (Phi) is 6.22. The summed E-state index contributed by atoms with van der Waals surface area (Å²) >= 11 is 0. The van der Waals surface area contributed by atoms with E-state index in [0.717, 1.165) is 22.2 Å². The summed E-state index contributed by atoms with van der Waals surface area (Å²) in [4.78, 5) is 10.1. The van der Waals surface area contributed by atoms with Gasteiger partial charge in [0.25, 0.3) is 0 Å². The van der Waals surface area contributed by atoms with Crippen LogP contribution in [0.4, 0.5) is 0 Å². The molecule has 0 atom stereocenters. The highest BCUT2D eigenvalue weighted by atomic mass is 15.1. The average molecular weight is 640 g/mol. The number of nitrogens with zero attached hydrogens (tertiary/aromatic N) is 3. The van der Waals surface area contributed by atoms with Gasteiger partial charge >= 0.3 is 0 Å². The van der Waals surface area contributed by atoms with Gasteiger partial charge in [-0.05, 0) is 103 Å². The predicted molar refractivity (Wildman–Crippen MR) is 208 cm³/mol. The summed E-state index contributed by atoms with van der Waals surface area (Å²) in [6.45, 7) is 4.74.